The molecule has 5 heteroatoms. The quantitative estimate of drug-likeness (QED) is 0.703. The van der Waals surface area contributed by atoms with Crippen LogP contribution in [0.25, 0.3) is 22.4 Å². The summed E-state index contributed by atoms with van der Waals surface area (Å²) in [5, 5.41) is 18.7. The lowest BCUT2D eigenvalue weighted by Gasteiger charge is -2.10. The average Bonchev–Trinajstić information content (AvgIpc) is 3.10. The Kier molecular flexibility index (Phi) is 4.79. The Hall–Kier alpha value is -2.11. The van der Waals surface area contributed by atoms with E-state index in [1.807, 2.05) is 43.6 Å². The van der Waals surface area contributed by atoms with E-state index in [0.717, 1.165) is 40.8 Å². The highest BCUT2D eigenvalue weighted by Gasteiger charge is 2.15. The van der Waals surface area contributed by atoms with Gasteiger partial charge in [-0.05, 0) is 18.6 Å². The SMILES string of the molecule is CCCC(O)CNCc1cn(C)nc1-c1cc2ccccc2o1. The maximum Gasteiger partial charge on any atom is 0.156 e. The van der Waals surface area contributed by atoms with Gasteiger partial charge in [-0.3, -0.25) is 4.68 Å². The summed E-state index contributed by atoms with van der Waals surface area (Å²) in [5.41, 5.74) is 2.78. The highest BCUT2D eigenvalue weighted by molar-refractivity contribution is 5.82. The van der Waals surface area contributed by atoms with Gasteiger partial charge in [0.05, 0.1) is 6.10 Å². The van der Waals surface area contributed by atoms with Crippen LogP contribution in [0.15, 0.2) is 40.9 Å². The van der Waals surface area contributed by atoms with Crippen molar-refractivity contribution in [1.82, 2.24) is 15.1 Å². The molecule has 0 fully saturated rings. The average molecular weight is 313 g/mol. The molecule has 0 bridgehead atoms. The molecule has 0 aliphatic rings. The maximum absolute atomic E-state index is 9.81. The first-order chi connectivity index (χ1) is 11.2. The van der Waals surface area contributed by atoms with Crippen LogP contribution in [-0.4, -0.2) is 27.5 Å². The number of aryl methyl sites for hydroxylation is 1. The number of hydrogen-bond donors (Lipinski definition) is 2. The zero-order valence-corrected chi connectivity index (χ0v) is 13.6. The van der Waals surface area contributed by atoms with Crippen LogP contribution in [0.1, 0.15) is 25.3 Å². The summed E-state index contributed by atoms with van der Waals surface area (Å²) in [6.45, 7) is 3.31. The molecule has 122 valence electrons. The molecular formula is C18H23N3O2. The zero-order chi connectivity index (χ0) is 16.2. The van der Waals surface area contributed by atoms with Crippen LogP contribution in [0.4, 0.5) is 0 Å². The predicted octanol–water partition coefficient (Wildman–Crippen LogP) is 3.08. The third-order valence-corrected chi connectivity index (χ3v) is 3.88. The number of aromatic nitrogens is 2. The highest BCUT2D eigenvalue weighted by Crippen LogP contribution is 2.28. The third-order valence-electron chi connectivity index (χ3n) is 3.88. The van der Waals surface area contributed by atoms with Crippen molar-refractivity contribution in [2.24, 2.45) is 7.05 Å². The van der Waals surface area contributed by atoms with Gasteiger partial charge in [0.1, 0.15) is 11.3 Å². The molecule has 5 nitrogen and oxygen atoms in total. The van der Waals surface area contributed by atoms with E-state index in [4.69, 9.17) is 4.42 Å². The molecule has 3 rings (SSSR count). The van der Waals surface area contributed by atoms with Crippen molar-refractivity contribution in [3.8, 4) is 11.5 Å². The molecule has 0 aliphatic carbocycles. The first kappa shape index (κ1) is 15.8. The number of nitrogens with one attached hydrogen (secondary N) is 1. The van der Waals surface area contributed by atoms with Gasteiger partial charge in [0.25, 0.3) is 0 Å². The van der Waals surface area contributed by atoms with Crippen molar-refractivity contribution in [2.75, 3.05) is 6.54 Å². The number of aliphatic hydroxyl groups excluding tert-OH is 1. The van der Waals surface area contributed by atoms with Crippen molar-refractivity contribution >= 4 is 11.0 Å². The van der Waals surface area contributed by atoms with Crippen LogP contribution in [0.5, 0.6) is 0 Å². The molecule has 1 unspecified atom stereocenters. The first-order valence-corrected chi connectivity index (χ1v) is 8.07. The van der Waals surface area contributed by atoms with Gasteiger partial charge in [-0.15, -0.1) is 0 Å². The molecule has 0 spiro atoms. The van der Waals surface area contributed by atoms with Crippen LogP contribution < -0.4 is 5.32 Å². The second-order valence-electron chi connectivity index (χ2n) is 5.90. The Labute approximate surface area is 135 Å². The minimum absolute atomic E-state index is 0.300. The topological polar surface area (TPSA) is 63.2 Å². The van der Waals surface area contributed by atoms with Gasteiger partial charge in [-0.1, -0.05) is 31.5 Å². The van der Waals surface area contributed by atoms with Crippen LogP contribution in [0, 0.1) is 0 Å². The van der Waals surface area contributed by atoms with Gasteiger partial charge >= 0.3 is 0 Å². The largest absolute Gasteiger partial charge is 0.454 e. The van der Waals surface area contributed by atoms with E-state index in [1.165, 1.54) is 0 Å². The zero-order valence-electron chi connectivity index (χ0n) is 13.6. The fraction of sp³-hybridized carbons (Fsp3) is 0.389. The first-order valence-electron chi connectivity index (χ1n) is 8.07. The summed E-state index contributed by atoms with van der Waals surface area (Å²) in [5.74, 6) is 0.776. The van der Waals surface area contributed by atoms with Crippen LogP contribution in [0.3, 0.4) is 0 Å². The van der Waals surface area contributed by atoms with E-state index >= 15 is 0 Å². The fourth-order valence-corrected chi connectivity index (χ4v) is 2.78. The number of aliphatic hydroxyl groups is 1. The van der Waals surface area contributed by atoms with E-state index in [9.17, 15) is 5.11 Å². The fourth-order valence-electron chi connectivity index (χ4n) is 2.78. The second kappa shape index (κ2) is 6.98. The Balaban J connectivity index is 1.77. The molecule has 0 amide bonds. The van der Waals surface area contributed by atoms with Gasteiger partial charge in [0.15, 0.2) is 5.76 Å². The number of hydrogen-bond acceptors (Lipinski definition) is 4. The summed E-state index contributed by atoms with van der Waals surface area (Å²) >= 11 is 0. The third kappa shape index (κ3) is 3.63. The monoisotopic (exact) mass is 313 g/mol. The number of benzene rings is 1. The summed E-state index contributed by atoms with van der Waals surface area (Å²) < 4.78 is 7.71. The highest BCUT2D eigenvalue weighted by atomic mass is 16.3. The molecule has 1 atom stereocenters. The van der Waals surface area contributed by atoms with Crippen molar-refractivity contribution in [3.63, 3.8) is 0 Å². The molecule has 2 aromatic heterocycles. The Morgan fingerprint density at radius 1 is 1.35 bits per heavy atom. The number of rotatable bonds is 7. The van der Waals surface area contributed by atoms with Crippen molar-refractivity contribution < 1.29 is 9.52 Å². The van der Waals surface area contributed by atoms with E-state index in [0.29, 0.717) is 13.1 Å². The summed E-state index contributed by atoms with van der Waals surface area (Å²) in [6.07, 6.45) is 3.49. The smallest absolute Gasteiger partial charge is 0.156 e. The molecule has 0 saturated carbocycles. The number of furan rings is 1. The standard InChI is InChI=1S/C18H23N3O2/c1-3-6-15(22)11-19-10-14-12-21(2)20-18(14)17-9-13-7-4-5-8-16(13)23-17/h4-5,7-9,12,15,19,22H,3,6,10-11H2,1-2H3. The minimum atomic E-state index is -0.300. The lowest BCUT2D eigenvalue weighted by molar-refractivity contribution is 0.160. The van der Waals surface area contributed by atoms with Gasteiger partial charge < -0.3 is 14.8 Å². The van der Waals surface area contributed by atoms with E-state index in [2.05, 4.69) is 17.3 Å². The van der Waals surface area contributed by atoms with Crippen molar-refractivity contribution in [3.05, 3.63) is 42.1 Å². The Morgan fingerprint density at radius 3 is 2.96 bits per heavy atom. The molecular weight excluding hydrogens is 290 g/mol. The summed E-state index contributed by atoms with van der Waals surface area (Å²) in [6, 6.07) is 9.97. The molecule has 2 N–H and O–H groups in total. The number of para-hydroxylation sites is 1. The second-order valence-corrected chi connectivity index (χ2v) is 5.90. The molecule has 2 heterocycles. The van der Waals surface area contributed by atoms with Crippen molar-refractivity contribution in [1.29, 1.82) is 0 Å². The van der Waals surface area contributed by atoms with Gasteiger partial charge in [0, 0.05) is 37.3 Å². The molecule has 0 saturated heterocycles. The maximum atomic E-state index is 9.81. The van der Waals surface area contributed by atoms with Gasteiger partial charge in [-0.25, -0.2) is 0 Å². The Bertz CT molecular complexity index is 743. The number of nitrogens with zero attached hydrogens (tertiary/aromatic N) is 2. The molecule has 0 aliphatic heterocycles. The van der Waals surface area contributed by atoms with Crippen LogP contribution in [-0.2, 0) is 13.6 Å². The molecule has 23 heavy (non-hydrogen) atoms. The normalized spacial score (nSPS) is 12.8. The van der Waals surface area contributed by atoms with Crippen LogP contribution in [0.2, 0.25) is 0 Å². The molecule has 0 radical (unpaired) electrons. The van der Waals surface area contributed by atoms with Gasteiger partial charge in [0.2, 0.25) is 0 Å². The lowest BCUT2D eigenvalue weighted by Crippen LogP contribution is -2.26. The lowest BCUT2D eigenvalue weighted by atomic mass is 10.1. The molecule has 1 aromatic carbocycles. The van der Waals surface area contributed by atoms with E-state index in [1.54, 1.807) is 4.68 Å². The van der Waals surface area contributed by atoms with Gasteiger partial charge in [-0.2, -0.15) is 5.10 Å². The molecule has 3 aromatic rings. The van der Waals surface area contributed by atoms with Crippen molar-refractivity contribution in [2.45, 2.75) is 32.4 Å². The van der Waals surface area contributed by atoms with E-state index < -0.39 is 0 Å². The van der Waals surface area contributed by atoms with Crippen LogP contribution >= 0.6 is 0 Å². The number of fused-ring (bicyclic) bond motifs is 1. The predicted molar refractivity (Wildman–Crippen MR) is 91.0 cm³/mol. The summed E-state index contributed by atoms with van der Waals surface area (Å²) in [4.78, 5) is 0. The summed E-state index contributed by atoms with van der Waals surface area (Å²) in [7, 11) is 1.90. The minimum Gasteiger partial charge on any atom is -0.454 e. The Morgan fingerprint density at radius 2 is 2.17 bits per heavy atom. The van der Waals surface area contributed by atoms with E-state index in [-0.39, 0.29) is 6.10 Å².